The maximum atomic E-state index is 12.9. The Bertz CT molecular complexity index is 794. The number of hydrogen-bond donors (Lipinski definition) is 1. The number of aryl methyl sites for hydroxylation is 1. The average molecular weight is 378 g/mol. The van der Waals surface area contributed by atoms with E-state index in [1.165, 1.54) is 17.8 Å². The first kappa shape index (κ1) is 17.7. The zero-order valence-electron chi connectivity index (χ0n) is 14.5. The molecule has 2 fully saturated rings. The first-order chi connectivity index (χ1) is 12.4. The molecule has 1 N–H and O–H groups in total. The molecular formula is C20H21F3N2S. The molecule has 0 aliphatic carbocycles. The standard InChI is InChI=1S/C20H21F3N2S/c1-13-8-16(20(21,22)23)6-7-18(13)26-19-5-3-2-4-17(19)25-11-14-9-24-10-15(14)12-25/h2-8,14-15,24H,9-12H2,1H3. The van der Waals surface area contributed by atoms with Crippen LogP contribution in [0.25, 0.3) is 0 Å². The molecule has 0 aromatic heterocycles. The van der Waals surface area contributed by atoms with Crippen LogP contribution in [0.15, 0.2) is 52.3 Å². The van der Waals surface area contributed by atoms with E-state index in [-0.39, 0.29) is 0 Å². The van der Waals surface area contributed by atoms with Crippen LogP contribution in [0, 0.1) is 18.8 Å². The van der Waals surface area contributed by atoms with E-state index in [9.17, 15) is 13.2 Å². The zero-order chi connectivity index (χ0) is 18.3. The highest BCUT2D eigenvalue weighted by Gasteiger charge is 2.36. The Balaban J connectivity index is 1.58. The highest BCUT2D eigenvalue weighted by atomic mass is 32.2. The summed E-state index contributed by atoms with van der Waals surface area (Å²) in [5.41, 5.74) is 1.25. The van der Waals surface area contributed by atoms with Crippen LogP contribution in [0.3, 0.4) is 0 Å². The fourth-order valence-electron chi connectivity index (χ4n) is 3.92. The van der Waals surface area contributed by atoms with Crippen molar-refractivity contribution in [2.45, 2.75) is 22.9 Å². The third-order valence-electron chi connectivity index (χ3n) is 5.32. The predicted octanol–water partition coefficient (Wildman–Crippen LogP) is 4.82. The molecule has 0 radical (unpaired) electrons. The van der Waals surface area contributed by atoms with Gasteiger partial charge in [0, 0.05) is 36.0 Å². The van der Waals surface area contributed by atoms with Crippen molar-refractivity contribution in [2.24, 2.45) is 11.8 Å². The van der Waals surface area contributed by atoms with Crippen molar-refractivity contribution in [1.29, 1.82) is 0 Å². The van der Waals surface area contributed by atoms with E-state index in [2.05, 4.69) is 22.3 Å². The van der Waals surface area contributed by atoms with Crippen LogP contribution in [-0.4, -0.2) is 26.2 Å². The van der Waals surface area contributed by atoms with Gasteiger partial charge in [0.1, 0.15) is 0 Å². The molecule has 0 saturated carbocycles. The van der Waals surface area contributed by atoms with Gasteiger partial charge in [-0.05, 0) is 54.7 Å². The molecule has 0 amide bonds. The minimum atomic E-state index is -4.30. The number of alkyl halides is 3. The molecule has 138 valence electrons. The summed E-state index contributed by atoms with van der Waals surface area (Å²) in [6, 6.07) is 12.2. The normalized spacial score (nSPS) is 22.7. The lowest BCUT2D eigenvalue weighted by molar-refractivity contribution is -0.137. The van der Waals surface area contributed by atoms with Crippen molar-refractivity contribution in [3.8, 4) is 0 Å². The van der Waals surface area contributed by atoms with Crippen LogP contribution < -0.4 is 10.2 Å². The quantitative estimate of drug-likeness (QED) is 0.824. The highest BCUT2D eigenvalue weighted by molar-refractivity contribution is 7.99. The first-order valence-corrected chi connectivity index (χ1v) is 9.64. The smallest absolute Gasteiger partial charge is 0.370 e. The van der Waals surface area contributed by atoms with Gasteiger partial charge in [-0.25, -0.2) is 0 Å². The van der Waals surface area contributed by atoms with Gasteiger partial charge in [0.05, 0.1) is 11.3 Å². The van der Waals surface area contributed by atoms with Crippen molar-refractivity contribution in [2.75, 3.05) is 31.1 Å². The van der Waals surface area contributed by atoms with Crippen molar-refractivity contribution in [3.63, 3.8) is 0 Å². The Labute approximate surface area is 155 Å². The molecule has 2 aromatic carbocycles. The molecule has 26 heavy (non-hydrogen) atoms. The molecule has 6 heteroatoms. The van der Waals surface area contributed by atoms with Crippen molar-refractivity contribution in [1.82, 2.24) is 5.32 Å². The highest BCUT2D eigenvalue weighted by Crippen LogP contribution is 2.41. The van der Waals surface area contributed by atoms with E-state index in [0.29, 0.717) is 17.4 Å². The maximum absolute atomic E-state index is 12.9. The Hall–Kier alpha value is -1.66. The second kappa shape index (κ2) is 6.82. The Kier molecular flexibility index (Phi) is 4.65. The Morgan fingerprint density at radius 1 is 1.00 bits per heavy atom. The lowest BCUT2D eigenvalue weighted by Crippen LogP contribution is -2.25. The number of hydrogen-bond acceptors (Lipinski definition) is 3. The Morgan fingerprint density at radius 2 is 1.69 bits per heavy atom. The van der Waals surface area contributed by atoms with E-state index in [1.807, 2.05) is 12.1 Å². The van der Waals surface area contributed by atoms with Gasteiger partial charge in [-0.2, -0.15) is 13.2 Å². The van der Waals surface area contributed by atoms with Crippen LogP contribution in [0.5, 0.6) is 0 Å². The Morgan fingerprint density at radius 3 is 2.35 bits per heavy atom. The molecule has 2 aliphatic heterocycles. The van der Waals surface area contributed by atoms with E-state index in [0.717, 1.165) is 36.0 Å². The fraction of sp³-hybridized carbons (Fsp3) is 0.400. The number of nitrogens with zero attached hydrogens (tertiary/aromatic N) is 1. The molecule has 0 spiro atoms. The summed E-state index contributed by atoms with van der Waals surface area (Å²) in [5.74, 6) is 1.39. The van der Waals surface area contributed by atoms with Crippen LogP contribution in [0.1, 0.15) is 11.1 Å². The second-order valence-corrected chi connectivity index (χ2v) is 8.21. The molecule has 2 unspecified atom stereocenters. The number of anilines is 1. The van der Waals surface area contributed by atoms with Crippen LogP contribution in [0.2, 0.25) is 0 Å². The van der Waals surface area contributed by atoms with E-state index >= 15 is 0 Å². The molecule has 2 atom stereocenters. The lowest BCUT2D eigenvalue weighted by Gasteiger charge is -2.23. The third kappa shape index (κ3) is 3.45. The van der Waals surface area contributed by atoms with Crippen LogP contribution in [-0.2, 0) is 6.18 Å². The molecule has 2 nitrogen and oxygen atoms in total. The third-order valence-corrected chi connectivity index (χ3v) is 6.56. The predicted molar refractivity (Wildman–Crippen MR) is 98.8 cm³/mol. The number of fused-ring (bicyclic) bond motifs is 1. The minimum Gasteiger partial charge on any atom is -0.370 e. The van der Waals surface area contributed by atoms with Gasteiger partial charge in [0.15, 0.2) is 0 Å². The average Bonchev–Trinajstić information content (AvgIpc) is 3.18. The molecule has 2 aliphatic rings. The van der Waals surface area contributed by atoms with E-state index in [1.54, 1.807) is 24.8 Å². The number of benzene rings is 2. The topological polar surface area (TPSA) is 15.3 Å². The summed E-state index contributed by atoms with van der Waals surface area (Å²) < 4.78 is 38.7. The van der Waals surface area contributed by atoms with Gasteiger partial charge in [0.25, 0.3) is 0 Å². The van der Waals surface area contributed by atoms with Gasteiger partial charge in [-0.3, -0.25) is 0 Å². The number of para-hydroxylation sites is 1. The molecule has 2 aromatic rings. The monoisotopic (exact) mass is 378 g/mol. The van der Waals surface area contributed by atoms with Gasteiger partial charge in [-0.15, -0.1) is 0 Å². The lowest BCUT2D eigenvalue weighted by atomic mass is 10.0. The molecule has 2 heterocycles. The summed E-state index contributed by atoms with van der Waals surface area (Å²) in [6.45, 7) is 5.98. The molecule has 0 bridgehead atoms. The largest absolute Gasteiger partial charge is 0.416 e. The fourth-order valence-corrected chi connectivity index (χ4v) is 4.96. The van der Waals surface area contributed by atoms with Crippen LogP contribution in [0.4, 0.5) is 18.9 Å². The second-order valence-electron chi connectivity index (χ2n) is 7.13. The maximum Gasteiger partial charge on any atom is 0.416 e. The SMILES string of the molecule is Cc1cc(C(F)(F)F)ccc1Sc1ccccc1N1CC2CNCC2C1. The number of halogens is 3. The van der Waals surface area contributed by atoms with Gasteiger partial charge >= 0.3 is 6.18 Å². The number of rotatable bonds is 3. The van der Waals surface area contributed by atoms with E-state index in [4.69, 9.17) is 0 Å². The van der Waals surface area contributed by atoms with E-state index < -0.39 is 11.7 Å². The van der Waals surface area contributed by atoms with Gasteiger partial charge in [-0.1, -0.05) is 23.9 Å². The molecule has 4 rings (SSSR count). The minimum absolute atomic E-state index is 0.590. The first-order valence-electron chi connectivity index (χ1n) is 8.82. The summed E-state index contributed by atoms with van der Waals surface area (Å²) >= 11 is 1.55. The van der Waals surface area contributed by atoms with Crippen molar-refractivity contribution < 1.29 is 13.2 Å². The summed E-state index contributed by atoms with van der Waals surface area (Å²) in [4.78, 5) is 4.40. The van der Waals surface area contributed by atoms with Gasteiger partial charge < -0.3 is 10.2 Å². The number of nitrogens with one attached hydrogen (secondary N) is 1. The molecule has 2 saturated heterocycles. The van der Waals surface area contributed by atoms with Crippen LogP contribution >= 0.6 is 11.8 Å². The van der Waals surface area contributed by atoms with Gasteiger partial charge in [0.2, 0.25) is 0 Å². The molecular weight excluding hydrogens is 357 g/mol. The summed E-state index contributed by atoms with van der Waals surface area (Å²) in [5, 5.41) is 3.45. The van der Waals surface area contributed by atoms with Crippen molar-refractivity contribution >= 4 is 17.4 Å². The zero-order valence-corrected chi connectivity index (χ0v) is 15.3. The summed E-state index contributed by atoms with van der Waals surface area (Å²) in [7, 11) is 0. The summed E-state index contributed by atoms with van der Waals surface area (Å²) in [6.07, 6.45) is -4.30. The van der Waals surface area contributed by atoms with Crippen molar-refractivity contribution in [3.05, 3.63) is 53.6 Å².